The molecule has 3 N–H and O–H groups in total. The van der Waals surface area contributed by atoms with Crippen molar-refractivity contribution in [3.8, 4) is 11.8 Å². The van der Waals surface area contributed by atoms with Crippen LogP contribution in [0.1, 0.15) is 28.9 Å². The maximum absolute atomic E-state index is 12.1. The van der Waals surface area contributed by atoms with E-state index >= 15 is 0 Å². The van der Waals surface area contributed by atoms with Gasteiger partial charge >= 0.3 is 0 Å². The SMILES string of the molecule is NCC#Cc1cccnc1C(=O)NCC1CCCS1(=O)=O. The number of hydrogen-bond acceptors (Lipinski definition) is 5. The van der Waals surface area contributed by atoms with Gasteiger partial charge in [-0.2, -0.15) is 0 Å². The van der Waals surface area contributed by atoms with E-state index in [-0.39, 0.29) is 24.5 Å². The van der Waals surface area contributed by atoms with Gasteiger partial charge in [0.2, 0.25) is 0 Å². The molecule has 7 heteroatoms. The Balaban J connectivity index is 2.07. The Morgan fingerprint density at radius 3 is 3.00 bits per heavy atom. The van der Waals surface area contributed by atoms with Crippen LogP contribution < -0.4 is 11.1 Å². The number of amides is 1. The number of nitrogens with one attached hydrogen (secondary N) is 1. The number of nitrogens with zero attached hydrogens (tertiary/aromatic N) is 1. The highest BCUT2D eigenvalue weighted by molar-refractivity contribution is 7.92. The number of pyridine rings is 1. The predicted octanol–water partition coefficient (Wildman–Crippen LogP) is -0.301. The molecule has 21 heavy (non-hydrogen) atoms. The van der Waals surface area contributed by atoms with Crippen molar-refractivity contribution in [2.45, 2.75) is 18.1 Å². The molecular formula is C14H17N3O3S. The summed E-state index contributed by atoms with van der Waals surface area (Å²) in [4.78, 5) is 16.1. The molecule has 0 aliphatic carbocycles. The van der Waals surface area contributed by atoms with Crippen LogP contribution in [0.4, 0.5) is 0 Å². The van der Waals surface area contributed by atoms with E-state index in [2.05, 4.69) is 22.1 Å². The summed E-state index contributed by atoms with van der Waals surface area (Å²) < 4.78 is 23.4. The summed E-state index contributed by atoms with van der Waals surface area (Å²) >= 11 is 0. The molecule has 0 spiro atoms. The van der Waals surface area contributed by atoms with E-state index in [4.69, 9.17) is 5.73 Å². The first-order valence-electron chi connectivity index (χ1n) is 6.68. The largest absolute Gasteiger partial charge is 0.349 e. The number of aromatic nitrogens is 1. The van der Waals surface area contributed by atoms with Gasteiger partial charge in [0.15, 0.2) is 9.84 Å². The molecule has 6 nitrogen and oxygen atoms in total. The minimum Gasteiger partial charge on any atom is -0.349 e. The second-order valence-electron chi connectivity index (χ2n) is 4.75. The van der Waals surface area contributed by atoms with E-state index in [0.717, 1.165) is 0 Å². The number of hydrogen-bond donors (Lipinski definition) is 2. The van der Waals surface area contributed by atoms with Gasteiger partial charge < -0.3 is 11.1 Å². The number of carbonyl (C=O) groups is 1. The normalized spacial score (nSPS) is 19.6. The lowest BCUT2D eigenvalue weighted by atomic mass is 10.2. The molecular weight excluding hydrogens is 290 g/mol. The highest BCUT2D eigenvalue weighted by Crippen LogP contribution is 2.19. The standard InChI is InChI=1S/C14H17N3O3S/c15-7-1-4-11-5-2-8-16-13(11)14(18)17-10-12-6-3-9-21(12,19)20/h2,5,8,12H,3,6-7,9-10,15H2,(H,17,18). The lowest BCUT2D eigenvalue weighted by molar-refractivity contribution is 0.0948. The summed E-state index contributed by atoms with van der Waals surface area (Å²) in [6.07, 6.45) is 2.74. The quantitative estimate of drug-likeness (QED) is 0.746. The average Bonchev–Trinajstić information content (AvgIpc) is 2.81. The Morgan fingerprint density at radius 1 is 1.52 bits per heavy atom. The van der Waals surface area contributed by atoms with Crippen molar-refractivity contribution in [3.05, 3.63) is 29.6 Å². The zero-order chi connectivity index (χ0) is 15.3. The van der Waals surface area contributed by atoms with Crippen molar-refractivity contribution >= 4 is 15.7 Å². The van der Waals surface area contributed by atoms with Gasteiger partial charge in [-0.05, 0) is 25.0 Å². The van der Waals surface area contributed by atoms with Crippen LogP contribution in [0, 0.1) is 11.8 Å². The van der Waals surface area contributed by atoms with Crippen LogP contribution in [0.5, 0.6) is 0 Å². The van der Waals surface area contributed by atoms with E-state index in [0.29, 0.717) is 18.4 Å². The summed E-state index contributed by atoms with van der Waals surface area (Å²) in [6, 6.07) is 3.36. The monoisotopic (exact) mass is 307 g/mol. The van der Waals surface area contributed by atoms with Gasteiger partial charge in [0.1, 0.15) is 5.69 Å². The highest BCUT2D eigenvalue weighted by atomic mass is 32.2. The molecule has 2 rings (SSSR count). The van der Waals surface area contributed by atoms with Gasteiger partial charge in [-0.3, -0.25) is 4.79 Å². The van der Waals surface area contributed by atoms with Gasteiger partial charge in [-0.1, -0.05) is 11.8 Å². The van der Waals surface area contributed by atoms with Crippen LogP contribution in [-0.4, -0.2) is 43.4 Å². The summed E-state index contributed by atoms with van der Waals surface area (Å²) in [5.41, 5.74) is 5.98. The third kappa shape index (κ3) is 3.80. The number of carbonyl (C=O) groups excluding carboxylic acids is 1. The van der Waals surface area contributed by atoms with Crippen LogP contribution in [0.3, 0.4) is 0 Å². The van der Waals surface area contributed by atoms with Crippen molar-refractivity contribution in [2.75, 3.05) is 18.8 Å². The fourth-order valence-electron chi connectivity index (χ4n) is 2.21. The molecule has 0 radical (unpaired) electrons. The van der Waals surface area contributed by atoms with Crippen molar-refractivity contribution < 1.29 is 13.2 Å². The van der Waals surface area contributed by atoms with Crippen LogP contribution in [0.15, 0.2) is 18.3 Å². The maximum Gasteiger partial charge on any atom is 0.271 e. The van der Waals surface area contributed by atoms with Gasteiger partial charge in [-0.25, -0.2) is 13.4 Å². The first kappa shape index (κ1) is 15.5. The van der Waals surface area contributed by atoms with E-state index in [1.54, 1.807) is 12.1 Å². The zero-order valence-electron chi connectivity index (χ0n) is 11.5. The first-order chi connectivity index (χ1) is 10.0. The molecule has 2 heterocycles. The molecule has 1 atom stereocenters. The van der Waals surface area contributed by atoms with Crippen molar-refractivity contribution in [1.29, 1.82) is 0 Å². The molecule has 1 aromatic rings. The van der Waals surface area contributed by atoms with Crippen molar-refractivity contribution in [2.24, 2.45) is 5.73 Å². The third-order valence-electron chi connectivity index (χ3n) is 3.30. The van der Waals surface area contributed by atoms with Gasteiger partial charge in [-0.15, -0.1) is 0 Å². The van der Waals surface area contributed by atoms with Gasteiger partial charge in [0.05, 0.1) is 23.1 Å². The predicted molar refractivity (Wildman–Crippen MR) is 79.3 cm³/mol. The Bertz CT molecular complexity index is 689. The molecule has 1 amide bonds. The Labute approximate surface area is 124 Å². The fraction of sp³-hybridized carbons (Fsp3) is 0.429. The second kappa shape index (κ2) is 6.70. The van der Waals surface area contributed by atoms with Crippen molar-refractivity contribution in [1.82, 2.24) is 10.3 Å². The molecule has 1 unspecified atom stereocenters. The smallest absolute Gasteiger partial charge is 0.271 e. The van der Waals surface area contributed by atoms with Crippen LogP contribution >= 0.6 is 0 Å². The summed E-state index contributed by atoms with van der Waals surface area (Å²) in [5.74, 6) is 5.23. The third-order valence-corrected chi connectivity index (χ3v) is 5.58. The van der Waals surface area contributed by atoms with Crippen LogP contribution in [0.2, 0.25) is 0 Å². The Kier molecular flexibility index (Phi) is 4.94. The summed E-state index contributed by atoms with van der Waals surface area (Å²) in [7, 11) is -3.07. The minimum atomic E-state index is -3.07. The number of sulfone groups is 1. The zero-order valence-corrected chi connectivity index (χ0v) is 12.3. The maximum atomic E-state index is 12.1. The highest BCUT2D eigenvalue weighted by Gasteiger charge is 2.31. The number of rotatable bonds is 3. The fourth-order valence-corrected chi connectivity index (χ4v) is 3.98. The molecule has 1 saturated heterocycles. The lowest BCUT2D eigenvalue weighted by Gasteiger charge is -2.11. The van der Waals surface area contributed by atoms with E-state index in [1.165, 1.54) is 6.20 Å². The van der Waals surface area contributed by atoms with E-state index < -0.39 is 21.0 Å². The molecule has 0 saturated carbocycles. The van der Waals surface area contributed by atoms with Gasteiger partial charge in [0.25, 0.3) is 5.91 Å². The lowest BCUT2D eigenvalue weighted by Crippen LogP contribution is -2.35. The molecule has 112 valence electrons. The topological polar surface area (TPSA) is 102 Å². The summed E-state index contributed by atoms with van der Waals surface area (Å²) in [6.45, 7) is 0.303. The summed E-state index contributed by atoms with van der Waals surface area (Å²) in [5, 5.41) is 2.14. The molecule has 1 fully saturated rings. The Morgan fingerprint density at radius 2 is 2.33 bits per heavy atom. The average molecular weight is 307 g/mol. The Hall–Kier alpha value is -1.91. The molecule has 1 aliphatic heterocycles. The van der Waals surface area contributed by atoms with Crippen LogP contribution in [0.25, 0.3) is 0 Å². The van der Waals surface area contributed by atoms with Gasteiger partial charge in [0, 0.05) is 12.7 Å². The molecule has 1 aliphatic rings. The second-order valence-corrected chi connectivity index (χ2v) is 7.15. The van der Waals surface area contributed by atoms with E-state index in [9.17, 15) is 13.2 Å². The van der Waals surface area contributed by atoms with Crippen molar-refractivity contribution in [3.63, 3.8) is 0 Å². The van der Waals surface area contributed by atoms with E-state index in [1.807, 2.05) is 0 Å². The molecule has 0 aromatic carbocycles. The minimum absolute atomic E-state index is 0.113. The van der Waals surface area contributed by atoms with Crippen LogP contribution in [-0.2, 0) is 9.84 Å². The molecule has 0 bridgehead atoms. The number of nitrogens with two attached hydrogens (primary N) is 1. The first-order valence-corrected chi connectivity index (χ1v) is 8.40. The molecule has 1 aromatic heterocycles.